The molecule has 3 rings (SSSR count). The Morgan fingerprint density at radius 3 is 2.67 bits per heavy atom. The van der Waals surface area contributed by atoms with Crippen molar-refractivity contribution in [3.63, 3.8) is 0 Å². The van der Waals surface area contributed by atoms with Gasteiger partial charge in [0.1, 0.15) is 12.6 Å². The summed E-state index contributed by atoms with van der Waals surface area (Å²) in [6.07, 6.45) is 3.04. The van der Waals surface area contributed by atoms with Gasteiger partial charge in [0.05, 0.1) is 5.25 Å². The first kappa shape index (κ1) is 19.0. The van der Waals surface area contributed by atoms with Crippen molar-refractivity contribution in [1.82, 2.24) is 9.99 Å². The topological polar surface area (TPSA) is 91.6 Å². The first-order valence-corrected chi connectivity index (χ1v) is 9.19. The van der Waals surface area contributed by atoms with Crippen molar-refractivity contribution in [3.8, 4) is 0 Å². The number of benzene rings is 1. The quantitative estimate of drug-likeness (QED) is 0.645. The maximum Gasteiger partial charge on any atom is 0.325 e. The number of thiol groups is 1. The summed E-state index contributed by atoms with van der Waals surface area (Å²) in [5, 5.41) is 12.4. The molecule has 0 saturated heterocycles. The third kappa shape index (κ3) is 4.51. The highest BCUT2D eigenvalue weighted by molar-refractivity contribution is 7.81. The van der Waals surface area contributed by atoms with Crippen molar-refractivity contribution >= 4 is 30.4 Å². The first-order chi connectivity index (χ1) is 13.0. The summed E-state index contributed by atoms with van der Waals surface area (Å²) in [7, 11) is 0. The number of fused-ring (bicyclic) bond motifs is 1. The Kier molecular flexibility index (Phi) is 5.85. The number of hydrogen-bond donors (Lipinski definition) is 3. The molecule has 0 radical (unpaired) electrons. The van der Waals surface area contributed by atoms with E-state index in [0.29, 0.717) is 19.3 Å². The van der Waals surface area contributed by atoms with Crippen LogP contribution in [0.25, 0.3) is 0 Å². The average Bonchev–Trinajstić information content (AvgIpc) is 3.07. The Hall–Kier alpha value is -2.74. The molecule has 1 aromatic heterocycles. The molecule has 1 aliphatic heterocycles. The maximum atomic E-state index is 12.9. The van der Waals surface area contributed by atoms with Gasteiger partial charge in [-0.1, -0.05) is 30.3 Å². The Balaban J connectivity index is 1.70. The Morgan fingerprint density at radius 2 is 1.96 bits per heavy atom. The number of carbonyl (C=O) groups excluding carboxylic acids is 2. The molecule has 142 valence electrons. The van der Waals surface area contributed by atoms with E-state index in [0.717, 1.165) is 16.3 Å². The molecule has 1 aromatic carbocycles. The summed E-state index contributed by atoms with van der Waals surface area (Å²) in [5.41, 5.74) is 1.80. The molecular weight excluding hydrogens is 366 g/mol. The van der Waals surface area contributed by atoms with Gasteiger partial charge in [-0.2, -0.15) is 12.6 Å². The highest BCUT2D eigenvalue weighted by Gasteiger charge is 2.33. The van der Waals surface area contributed by atoms with Gasteiger partial charge in [-0.05, 0) is 37.0 Å². The van der Waals surface area contributed by atoms with Gasteiger partial charge in [-0.3, -0.25) is 19.1 Å². The molecule has 8 heteroatoms. The van der Waals surface area contributed by atoms with Gasteiger partial charge in [-0.15, -0.1) is 0 Å². The van der Waals surface area contributed by atoms with Crippen molar-refractivity contribution in [1.29, 1.82) is 0 Å². The molecule has 2 N–H and O–H groups in total. The van der Waals surface area contributed by atoms with Crippen molar-refractivity contribution in [2.45, 2.75) is 30.6 Å². The number of aliphatic carboxylic acids is 1. The highest BCUT2D eigenvalue weighted by Crippen LogP contribution is 2.16. The van der Waals surface area contributed by atoms with E-state index in [9.17, 15) is 14.4 Å². The van der Waals surface area contributed by atoms with Crippen molar-refractivity contribution in [3.05, 3.63) is 59.9 Å². The predicted octanol–water partition coefficient (Wildman–Crippen LogP) is 1.01. The average molecular weight is 387 g/mol. The standard InChI is InChI=1S/C19H21N3O4S/c23-17(24)12-22-19(26)15(9-8-14-7-4-10-21(14)22)20-18(25)16(27)11-13-5-2-1-3-6-13/h1-7,10,15-16,27H,8-9,11-12H2,(H,20,25)(H,23,24). The number of carbonyl (C=O) groups is 3. The Labute approximate surface area is 162 Å². The van der Waals surface area contributed by atoms with Crippen LogP contribution in [0, 0.1) is 0 Å². The number of aromatic nitrogens is 1. The van der Waals surface area contributed by atoms with Crippen molar-refractivity contribution < 1.29 is 19.5 Å². The van der Waals surface area contributed by atoms with Gasteiger partial charge < -0.3 is 10.4 Å². The van der Waals surface area contributed by atoms with E-state index in [1.54, 1.807) is 16.9 Å². The van der Waals surface area contributed by atoms with E-state index in [-0.39, 0.29) is 5.91 Å². The van der Waals surface area contributed by atoms with Gasteiger partial charge in [0.25, 0.3) is 5.91 Å². The minimum absolute atomic E-state index is 0.345. The third-order valence-electron chi connectivity index (χ3n) is 4.49. The molecule has 2 unspecified atom stereocenters. The third-order valence-corrected chi connectivity index (χ3v) is 4.91. The molecule has 2 aromatic rings. The summed E-state index contributed by atoms with van der Waals surface area (Å²) in [4.78, 5) is 36.6. The zero-order valence-electron chi connectivity index (χ0n) is 14.6. The molecule has 0 aliphatic carbocycles. The molecule has 1 aliphatic rings. The summed E-state index contributed by atoms with van der Waals surface area (Å²) in [5.74, 6) is -1.91. The molecule has 2 amide bonds. The Morgan fingerprint density at radius 1 is 1.22 bits per heavy atom. The van der Waals surface area contributed by atoms with Crippen LogP contribution in [0.1, 0.15) is 17.7 Å². The largest absolute Gasteiger partial charge is 0.480 e. The zero-order chi connectivity index (χ0) is 19.4. The van der Waals surface area contributed by atoms with Crippen molar-refractivity contribution in [2.24, 2.45) is 0 Å². The van der Waals surface area contributed by atoms with Crippen LogP contribution in [0.2, 0.25) is 0 Å². The first-order valence-electron chi connectivity index (χ1n) is 8.68. The van der Waals surface area contributed by atoms with Gasteiger partial charge in [0.2, 0.25) is 5.91 Å². The molecule has 0 bridgehead atoms. The van der Waals surface area contributed by atoms with Gasteiger partial charge >= 0.3 is 5.97 Å². The van der Waals surface area contributed by atoms with E-state index in [1.807, 2.05) is 36.4 Å². The lowest BCUT2D eigenvalue weighted by atomic mass is 10.1. The minimum atomic E-state index is -1.12. The number of aryl methyl sites for hydroxylation is 1. The van der Waals surface area contributed by atoms with Crippen LogP contribution in [0.15, 0.2) is 48.7 Å². The van der Waals surface area contributed by atoms with Gasteiger partial charge in [-0.25, -0.2) is 5.01 Å². The minimum Gasteiger partial charge on any atom is -0.480 e. The molecule has 2 atom stereocenters. The van der Waals surface area contributed by atoms with Crippen LogP contribution in [0.4, 0.5) is 0 Å². The lowest BCUT2D eigenvalue weighted by Gasteiger charge is -2.26. The second-order valence-corrected chi connectivity index (χ2v) is 7.06. The van der Waals surface area contributed by atoms with E-state index in [4.69, 9.17) is 5.11 Å². The summed E-state index contributed by atoms with van der Waals surface area (Å²) >= 11 is 4.37. The summed E-state index contributed by atoms with van der Waals surface area (Å²) in [6.45, 7) is -0.471. The van der Waals surface area contributed by atoms with E-state index in [2.05, 4.69) is 17.9 Å². The lowest BCUT2D eigenvalue weighted by molar-refractivity contribution is -0.137. The van der Waals surface area contributed by atoms with E-state index in [1.165, 1.54) is 0 Å². The van der Waals surface area contributed by atoms with Crippen LogP contribution >= 0.6 is 12.6 Å². The number of carboxylic acid groups (broad SMARTS) is 1. The second kappa shape index (κ2) is 8.30. The van der Waals surface area contributed by atoms with Crippen LogP contribution in [0.5, 0.6) is 0 Å². The van der Waals surface area contributed by atoms with Crippen molar-refractivity contribution in [2.75, 3.05) is 11.6 Å². The summed E-state index contributed by atoms with van der Waals surface area (Å²) < 4.78 is 1.55. The number of nitrogens with zero attached hydrogens (tertiary/aromatic N) is 2. The zero-order valence-corrected chi connectivity index (χ0v) is 15.5. The van der Waals surface area contributed by atoms with Gasteiger partial charge in [0.15, 0.2) is 0 Å². The van der Waals surface area contributed by atoms with Crippen LogP contribution in [-0.4, -0.2) is 45.4 Å². The van der Waals surface area contributed by atoms with Crippen LogP contribution in [-0.2, 0) is 27.2 Å². The molecule has 27 heavy (non-hydrogen) atoms. The monoisotopic (exact) mass is 387 g/mol. The maximum absolute atomic E-state index is 12.9. The normalized spacial score (nSPS) is 17.7. The lowest BCUT2D eigenvalue weighted by Crippen LogP contribution is -2.54. The molecular formula is C19H21N3O4S. The SMILES string of the molecule is O=C(O)CN1C(=O)C(NC(=O)C(S)Cc2ccccc2)CCc2cccn21. The fourth-order valence-electron chi connectivity index (χ4n) is 3.16. The van der Waals surface area contributed by atoms with Crippen LogP contribution in [0.3, 0.4) is 0 Å². The number of rotatable bonds is 6. The summed E-state index contributed by atoms with van der Waals surface area (Å²) in [6, 6.07) is 12.3. The van der Waals surface area contributed by atoms with E-state index >= 15 is 0 Å². The molecule has 0 spiro atoms. The molecule has 0 saturated carbocycles. The van der Waals surface area contributed by atoms with E-state index < -0.39 is 29.7 Å². The second-order valence-electron chi connectivity index (χ2n) is 6.44. The molecule has 0 fully saturated rings. The highest BCUT2D eigenvalue weighted by atomic mass is 32.1. The fourth-order valence-corrected chi connectivity index (χ4v) is 3.44. The van der Waals surface area contributed by atoms with Gasteiger partial charge in [0, 0.05) is 11.9 Å². The Bertz CT molecular complexity index is 836. The number of nitrogens with one attached hydrogen (secondary N) is 1. The molecule has 7 nitrogen and oxygen atoms in total. The number of carboxylic acids is 1. The smallest absolute Gasteiger partial charge is 0.325 e. The number of amides is 2. The predicted molar refractivity (Wildman–Crippen MR) is 103 cm³/mol. The molecule has 2 heterocycles. The fraction of sp³-hybridized carbons (Fsp3) is 0.316. The number of hydrogen-bond acceptors (Lipinski definition) is 4. The van der Waals surface area contributed by atoms with Crippen LogP contribution < -0.4 is 10.3 Å².